The van der Waals surface area contributed by atoms with Crippen LogP contribution in [0.3, 0.4) is 0 Å². The van der Waals surface area contributed by atoms with Crippen molar-refractivity contribution in [2.75, 3.05) is 7.11 Å². The first-order valence-electron chi connectivity index (χ1n) is 7.56. The summed E-state index contributed by atoms with van der Waals surface area (Å²) in [5.41, 5.74) is 2.01. The van der Waals surface area contributed by atoms with Crippen LogP contribution in [0.25, 0.3) is 0 Å². The summed E-state index contributed by atoms with van der Waals surface area (Å²) in [6.45, 7) is 6.47. The Morgan fingerprint density at radius 3 is 2.74 bits per heavy atom. The first kappa shape index (κ1) is 16.8. The van der Waals surface area contributed by atoms with E-state index in [1.165, 1.54) is 0 Å². The molecule has 6 heteroatoms. The minimum Gasteiger partial charge on any atom is -0.481 e. The van der Waals surface area contributed by atoms with E-state index in [0.717, 1.165) is 11.4 Å². The maximum atomic E-state index is 12.7. The van der Waals surface area contributed by atoms with Crippen molar-refractivity contribution in [2.45, 2.75) is 45.6 Å². The molecule has 0 unspecified atom stereocenters. The van der Waals surface area contributed by atoms with E-state index in [-0.39, 0.29) is 11.0 Å². The molecule has 2 rings (SSSR count). The largest absolute Gasteiger partial charge is 0.481 e. The lowest BCUT2D eigenvalue weighted by molar-refractivity contribution is 0.395. The number of aromatic amines is 1. The maximum absolute atomic E-state index is 12.7. The molecule has 122 valence electrons. The van der Waals surface area contributed by atoms with Gasteiger partial charge in [-0.1, -0.05) is 26.8 Å². The van der Waals surface area contributed by atoms with E-state index >= 15 is 0 Å². The van der Waals surface area contributed by atoms with Crippen LogP contribution in [-0.2, 0) is 18.4 Å². The number of hydrogen-bond acceptors (Lipinski definition) is 4. The lowest BCUT2D eigenvalue weighted by Gasteiger charge is -2.18. The van der Waals surface area contributed by atoms with Crippen LogP contribution < -0.4 is 10.3 Å². The van der Waals surface area contributed by atoms with Crippen LogP contribution in [0.1, 0.15) is 44.1 Å². The van der Waals surface area contributed by atoms with Gasteiger partial charge in [-0.05, 0) is 12.5 Å². The highest BCUT2D eigenvalue weighted by molar-refractivity contribution is 5.25. The Labute approximate surface area is 135 Å². The Balaban J connectivity index is 2.41. The van der Waals surface area contributed by atoms with E-state index in [4.69, 9.17) is 10.00 Å². The third kappa shape index (κ3) is 3.81. The Kier molecular flexibility index (Phi) is 4.89. The van der Waals surface area contributed by atoms with Gasteiger partial charge in [-0.15, -0.1) is 0 Å². The van der Waals surface area contributed by atoms with E-state index < -0.39 is 0 Å². The second kappa shape index (κ2) is 6.69. The fourth-order valence-corrected chi connectivity index (χ4v) is 2.49. The van der Waals surface area contributed by atoms with E-state index in [9.17, 15) is 4.79 Å². The molecule has 6 nitrogen and oxygen atoms in total. The van der Waals surface area contributed by atoms with Gasteiger partial charge in [0.05, 0.1) is 25.4 Å². The summed E-state index contributed by atoms with van der Waals surface area (Å²) >= 11 is 0. The van der Waals surface area contributed by atoms with Crippen LogP contribution in [0.15, 0.2) is 23.0 Å². The van der Waals surface area contributed by atoms with Crippen LogP contribution in [0.2, 0.25) is 0 Å². The Morgan fingerprint density at radius 2 is 2.13 bits per heavy atom. The van der Waals surface area contributed by atoms with Gasteiger partial charge in [0.2, 0.25) is 5.88 Å². The zero-order valence-electron chi connectivity index (χ0n) is 14.0. The summed E-state index contributed by atoms with van der Waals surface area (Å²) in [4.78, 5) is 17.0. The second-order valence-corrected chi connectivity index (χ2v) is 6.44. The molecule has 0 aliphatic carbocycles. The molecule has 0 atom stereocenters. The van der Waals surface area contributed by atoms with Gasteiger partial charge in [0.1, 0.15) is 0 Å². The van der Waals surface area contributed by atoms with E-state index in [1.54, 1.807) is 17.9 Å². The number of rotatable bonds is 5. The summed E-state index contributed by atoms with van der Waals surface area (Å²) in [5.74, 6) is 0.517. The van der Waals surface area contributed by atoms with E-state index in [2.05, 4.69) is 16.2 Å². The Hall–Kier alpha value is -2.55. The van der Waals surface area contributed by atoms with Gasteiger partial charge in [-0.2, -0.15) is 5.26 Å². The number of nitriles is 1. The first-order chi connectivity index (χ1) is 10.9. The van der Waals surface area contributed by atoms with Crippen molar-refractivity contribution >= 4 is 0 Å². The van der Waals surface area contributed by atoms with Gasteiger partial charge in [0.25, 0.3) is 5.56 Å². The Morgan fingerprint density at radius 1 is 1.39 bits per heavy atom. The molecule has 0 fully saturated rings. The molecular weight excluding hydrogens is 292 g/mol. The van der Waals surface area contributed by atoms with Crippen molar-refractivity contribution in [1.29, 1.82) is 5.26 Å². The molecule has 0 spiro atoms. The molecule has 23 heavy (non-hydrogen) atoms. The zero-order valence-corrected chi connectivity index (χ0v) is 14.0. The number of nitrogens with zero attached hydrogens (tertiary/aromatic N) is 3. The van der Waals surface area contributed by atoms with Crippen molar-refractivity contribution in [2.24, 2.45) is 0 Å². The van der Waals surface area contributed by atoms with Crippen molar-refractivity contribution in [1.82, 2.24) is 14.8 Å². The molecule has 0 bridgehead atoms. The van der Waals surface area contributed by atoms with Crippen LogP contribution in [0.4, 0.5) is 0 Å². The van der Waals surface area contributed by atoms with Crippen molar-refractivity contribution in [3.63, 3.8) is 0 Å². The number of ether oxygens (including phenoxy) is 1. The van der Waals surface area contributed by atoms with E-state index in [0.29, 0.717) is 30.8 Å². The molecule has 2 aromatic heterocycles. The Bertz CT molecular complexity index is 775. The van der Waals surface area contributed by atoms with Gasteiger partial charge >= 0.3 is 0 Å². The molecule has 0 aliphatic rings. The zero-order chi connectivity index (χ0) is 17.0. The monoisotopic (exact) mass is 314 g/mol. The average Bonchev–Trinajstić information content (AvgIpc) is 2.82. The second-order valence-electron chi connectivity index (χ2n) is 6.44. The summed E-state index contributed by atoms with van der Waals surface area (Å²) in [6, 6.07) is 7.56. The number of methoxy groups -OCH3 is 1. The van der Waals surface area contributed by atoms with E-state index in [1.807, 2.05) is 32.9 Å². The summed E-state index contributed by atoms with van der Waals surface area (Å²) in [7, 11) is 1.56. The lowest BCUT2D eigenvalue weighted by atomic mass is 9.88. The number of pyridine rings is 1. The predicted octanol–water partition coefficient (Wildman–Crippen LogP) is 2.38. The lowest BCUT2D eigenvalue weighted by Crippen LogP contribution is -2.20. The van der Waals surface area contributed by atoms with Gasteiger partial charge in [0, 0.05) is 29.2 Å². The molecule has 0 amide bonds. The van der Waals surface area contributed by atoms with Gasteiger partial charge < -0.3 is 4.74 Å². The highest BCUT2D eigenvalue weighted by Gasteiger charge is 2.24. The molecule has 0 saturated carbocycles. The summed E-state index contributed by atoms with van der Waals surface area (Å²) in [6.07, 6.45) is 0.782. The van der Waals surface area contributed by atoms with Crippen LogP contribution >= 0.6 is 0 Å². The number of hydrogen-bond donors (Lipinski definition) is 1. The normalized spacial score (nSPS) is 11.3. The highest BCUT2D eigenvalue weighted by atomic mass is 16.5. The average molecular weight is 314 g/mol. The predicted molar refractivity (Wildman–Crippen MR) is 87.6 cm³/mol. The standard InChI is InChI=1S/C17H22N4O2/c1-17(2,3)15-13(8-6-10-18)16(22)21(20-15)11-12-7-5-9-14(19-12)23-4/h5,7,9,20H,6,8,11H2,1-4H3. The third-order valence-electron chi connectivity index (χ3n) is 3.60. The fraction of sp³-hybridized carbons (Fsp3) is 0.471. The van der Waals surface area contributed by atoms with Gasteiger partial charge in [-0.3, -0.25) is 9.89 Å². The minimum absolute atomic E-state index is 0.0882. The molecule has 0 aliphatic heterocycles. The quantitative estimate of drug-likeness (QED) is 0.918. The van der Waals surface area contributed by atoms with Crippen LogP contribution in [0.5, 0.6) is 5.88 Å². The molecule has 2 aromatic rings. The molecule has 0 radical (unpaired) electrons. The first-order valence-corrected chi connectivity index (χ1v) is 7.56. The fourth-order valence-electron chi connectivity index (χ4n) is 2.49. The SMILES string of the molecule is COc1cccc(Cn2[nH]c(C(C)(C)C)c(CCC#N)c2=O)n1. The maximum Gasteiger partial charge on any atom is 0.270 e. The topological polar surface area (TPSA) is 83.7 Å². The number of nitrogens with one attached hydrogen (secondary N) is 1. The third-order valence-corrected chi connectivity index (χ3v) is 3.60. The number of aromatic nitrogens is 3. The van der Waals surface area contributed by atoms with Crippen molar-refractivity contribution < 1.29 is 4.74 Å². The molecule has 2 heterocycles. The molecule has 1 N–H and O–H groups in total. The summed E-state index contributed by atoms with van der Waals surface area (Å²) in [5, 5.41) is 12.0. The molecular formula is C17H22N4O2. The number of H-pyrrole nitrogens is 1. The van der Waals surface area contributed by atoms with Crippen LogP contribution in [-0.4, -0.2) is 21.9 Å². The van der Waals surface area contributed by atoms with Crippen molar-refractivity contribution in [3.8, 4) is 11.9 Å². The molecule has 0 aromatic carbocycles. The highest BCUT2D eigenvalue weighted by Crippen LogP contribution is 2.23. The summed E-state index contributed by atoms with van der Waals surface area (Å²) < 4.78 is 6.67. The molecule has 0 saturated heterocycles. The van der Waals surface area contributed by atoms with Crippen LogP contribution in [0, 0.1) is 11.3 Å². The smallest absolute Gasteiger partial charge is 0.270 e. The minimum atomic E-state index is -0.197. The van der Waals surface area contributed by atoms with Gasteiger partial charge in [-0.25, -0.2) is 9.67 Å². The van der Waals surface area contributed by atoms with Gasteiger partial charge in [0.15, 0.2) is 0 Å². The van der Waals surface area contributed by atoms with Crippen molar-refractivity contribution in [3.05, 3.63) is 45.5 Å².